The lowest BCUT2D eigenvalue weighted by Gasteiger charge is -2.25. The summed E-state index contributed by atoms with van der Waals surface area (Å²) in [6, 6.07) is 15.9. The Kier molecular flexibility index (Phi) is 11.8. The molecular weight excluding hydrogens is 488 g/mol. The fraction of sp³-hybridized carbons (Fsp3) is 0.448. The highest BCUT2D eigenvalue weighted by molar-refractivity contribution is 5.92. The van der Waals surface area contributed by atoms with Gasteiger partial charge in [-0.3, -0.25) is 9.59 Å². The third-order valence-corrected chi connectivity index (χ3v) is 5.14. The zero-order chi connectivity index (χ0) is 28.1. The maximum Gasteiger partial charge on any atom is 0.408 e. The number of rotatable bonds is 12. The molecule has 0 aliphatic carbocycles. The van der Waals surface area contributed by atoms with Crippen molar-refractivity contribution in [3.63, 3.8) is 0 Å². The minimum absolute atomic E-state index is 0.0186. The van der Waals surface area contributed by atoms with Crippen LogP contribution in [0.25, 0.3) is 0 Å². The van der Waals surface area contributed by atoms with E-state index >= 15 is 0 Å². The fourth-order valence-corrected chi connectivity index (χ4v) is 3.45. The molecule has 2 rings (SSSR count). The summed E-state index contributed by atoms with van der Waals surface area (Å²) in [6.07, 6.45) is -1.03. The first kappa shape index (κ1) is 30.3. The third-order valence-electron chi connectivity index (χ3n) is 5.14. The fourth-order valence-electron chi connectivity index (χ4n) is 3.45. The lowest BCUT2D eigenvalue weighted by Crippen LogP contribution is -2.53. The van der Waals surface area contributed by atoms with E-state index in [0.29, 0.717) is 6.42 Å². The molecule has 0 bridgehead atoms. The van der Waals surface area contributed by atoms with Crippen LogP contribution in [0.1, 0.15) is 58.6 Å². The number of nitrogens with one attached hydrogen (secondary N) is 2. The number of carbonyl (C=O) groups is 4. The number of benzene rings is 2. The summed E-state index contributed by atoms with van der Waals surface area (Å²) < 4.78 is 16.0. The summed E-state index contributed by atoms with van der Waals surface area (Å²) in [6.45, 7) is 8.93. The van der Waals surface area contributed by atoms with Gasteiger partial charge in [0.25, 0.3) is 0 Å². The van der Waals surface area contributed by atoms with E-state index in [1.54, 1.807) is 45.0 Å². The maximum absolute atomic E-state index is 13.2. The van der Waals surface area contributed by atoms with Crippen molar-refractivity contribution in [2.24, 2.45) is 5.92 Å². The molecule has 38 heavy (non-hydrogen) atoms. The molecular formula is C29H38N2O7. The number of ether oxygens (including phenoxy) is 3. The molecule has 2 aromatic rings. The van der Waals surface area contributed by atoms with Gasteiger partial charge in [-0.05, 0) is 44.2 Å². The Morgan fingerprint density at radius 2 is 1.29 bits per heavy atom. The van der Waals surface area contributed by atoms with Crippen molar-refractivity contribution in [2.75, 3.05) is 0 Å². The molecule has 0 saturated heterocycles. The predicted octanol–water partition coefficient (Wildman–Crippen LogP) is 4.29. The number of amides is 2. The summed E-state index contributed by atoms with van der Waals surface area (Å²) >= 11 is 0. The molecule has 0 saturated carbocycles. The van der Waals surface area contributed by atoms with Gasteiger partial charge in [0, 0.05) is 0 Å². The van der Waals surface area contributed by atoms with Gasteiger partial charge in [-0.1, -0.05) is 74.5 Å². The second-order valence-corrected chi connectivity index (χ2v) is 10.3. The Labute approximate surface area is 224 Å². The van der Waals surface area contributed by atoms with Crippen LogP contribution in [-0.4, -0.2) is 41.6 Å². The molecule has 2 amide bonds. The lowest BCUT2D eigenvalue weighted by atomic mass is 10.0. The molecule has 0 fully saturated rings. The smallest absolute Gasteiger partial charge is 0.408 e. The average Bonchev–Trinajstić information content (AvgIpc) is 2.85. The van der Waals surface area contributed by atoms with Crippen LogP contribution in [0.2, 0.25) is 0 Å². The first-order valence-corrected chi connectivity index (χ1v) is 12.6. The highest BCUT2D eigenvalue weighted by atomic mass is 16.6. The molecule has 0 heterocycles. The Morgan fingerprint density at radius 1 is 0.763 bits per heavy atom. The average molecular weight is 527 g/mol. The van der Waals surface area contributed by atoms with E-state index in [0.717, 1.165) is 11.1 Å². The van der Waals surface area contributed by atoms with Crippen LogP contribution in [0.4, 0.5) is 4.79 Å². The highest BCUT2D eigenvalue weighted by Crippen LogP contribution is 2.12. The monoisotopic (exact) mass is 526 g/mol. The van der Waals surface area contributed by atoms with Crippen molar-refractivity contribution in [3.05, 3.63) is 71.8 Å². The zero-order valence-electron chi connectivity index (χ0n) is 22.7. The molecule has 2 N–H and O–H groups in total. The summed E-state index contributed by atoms with van der Waals surface area (Å²) in [5, 5.41) is 5.07. The van der Waals surface area contributed by atoms with Gasteiger partial charge in [-0.15, -0.1) is 0 Å². The van der Waals surface area contributed by atoms with E-state index in [9.17, 15) is 19.2 Å². The minimum Gasteiger partial charge on any atom is -0.460 e. The molecule has 0 aliphatic rings. The van der Waals surface area contributed by atoms with Crippen LogP contribution in [-0.2, 0) is 41.8 Å². The highest BCUT2D eigenvalue weighted by Gasteiger charge is 2.31. The van der Waals surface area contributed by atoms with E-state index in [2.05, 4.69) is 10.6 Å². The number of alkyl carbamates (subject to hydrolysis) is 1. The van der Waals surface area contributed by atoms with Crippen molar-refractivity contribution in [1.29, 1.82) is 0 Å². The second-order valence-electron chi connectivity index (χ2n) is 10.3. The number of carbonyl (C=O) groups excluding carboxylic acids is 4. The van der Waals surface area contributed by atoms with Crippen molar-refractivity contribution < 1.29 is 33.4 Å². The first-order chi connectivity index (χ1) is 17.9. The van der Waals surface area contributed by atoms with Gasteiger partial charge in [0.1, 0.15) is 30.9 Å². The Hall–Kier alpha value is -3.88. The number of hydrogen-bond donors (Lipinski definition) is 2. The third kappa shape index (κ3) is 11.9. The molecule has 0 spiro atoms. The molecule has 9 heteroatoms. The van der Waals surface area contributed by atoms with Crippen LogP contribution in [0.5, 0.6) is 0 Å². The lowest BCUT2D eigenvalue weighted by molar-refractivity contribution is -0.156. The van der Waals surface area contributed by atoms with Gasteiger partial charge in [-0.2, -0.15) is 0 Å². The van der Waals surface area contributed by atoms with Gasteiger partial charge in [0.2, 0.25) is 5.91 Å². The van der Waals surface area contributed by atoms with Crippen molar-refractivity contribution in [1.82, 2.24) is 10.6 Å². The Balaban J connectivity index is 2.10. The summed E-state index contributed by atoms with van der Waals surface area (Å²) in [5.41, 5.74) is 0.780. The first-order valence-electron chi connectivity index (χ1n) is 12.6. The van der Waals surface area contributed by atoms with Gasteiger partial charge < -0.3 is 24.8 Å². The van der Waals surface area contributed by atoms with Crippen LogP contribution in [0.15, 0.2) is 60.7 Å². The maximum atomic E-state index is 13.2. The molecule has 0 radical (unpaired) electrons. The summed E-state index contributed by atoms with van der Waals surface area (Å²) in [7, 11) is 0. The van der Waals surface area contributed by atoms with Gasteiger partial charge in [0.15, 0.2) is 0 Å². The topological polar surface area (TPSA) is 120 Å². The molecule has 2 atom stereocenters. The quantitative estimate of drug-likeness (QED) is 0.313. The van der Waals surface area contributed by atoms with Gasteiger partial charge in [-0.25, -0.2) is 9.59 Å². The molecule has 206 valence electrons. The van der Waals surface area contributed by atoms with E-state index in [1.807, 2.05) is 50.2 Å². The Morgan fingerprint density at radius 3 is 1.79 bits per heavy atom. The van der Waals surface area contributed by atoms with E-state index in [4.69, 9.17) is 14.2 Å². The van der Waals surface area contributed by atoms with Gasteiger partial charge in [0.05, 0.1) is 6.42 Å². The predicted molar refractivity (Wildman–Crippen MR) is 142 cm³/mol. The van der Waals surface area contributed by atoms with Crippen LogP contribution < -0.4 is 10.6 Å². The largest absolute Gasteiger partial charge is 0.460 e. The Bertz CT molecular complexity index is 1050. The molecule has 0 unspecified atom stereocenters. The summed E-state index contributed by atoms with van der Waals surface area (Å²) in [5.74, 6) is -1.97. The number of esters is 2. The molecule has 0 aromatic heterocycles. The summed E-state index contributed by atoms with van der Waals surface area (Å²) in [4.78, 5) is 51.1. The van der Waals surface area contributed by atoms with Gasteiger partial charge >= 0.3 is 18.0 Å². The number of hydrogen-bond acceptors (Lipinski definition) is 7. The standard InChI is InChI=1S/C29H38N2O7/c1-20(2)16-24(27(34)36-18-21-12-8-6-9-13-21)30-26(33)23(17-25(32)38-29(3,4)5)31-28(35)37-19-22-14-10-7-11-15-22/h6-15,20,23-24H,16-19H2,1-5H3,(H,30,33)(H,31,35)/t23-,24-/m0/s1. The van der Waals surface area contributed by atoms with E-state index < -0.39 is 48.0 Å². The second kappa shape index (κ2) is 14.8. The van der Waals surface area contributed by atoms with E-state index in [-0.39, 0.29) is 19.1 Å². The molecule has 0 aliphatic heterocycles. The van der Waals surface area contributed by atoms with E-state index in [1.165, 1.54) is 0 Å². The van der Waals surface area contributed by atoms with Crippen molar-refractivity contribution in [2.45, 2.75) is 78.4 Å². The van der Waals surface area contributed by atoms with Crippen LogP contribution >= 0.6 is 0 Å². The van der Waals surface area contributed by atoms with Crippen molar-refractivity contribution in [3.8, 4) is 0 Å². The zero-order valence-corrected chi connectivity index (χ0v) is 22.7. The SMILES string of the molecule is CC(C)C[C@H](NC(=O)[C@H](CC(=O)OC(C)(C)C)NC(=O)OCc1ccccc1)C(=O)OCc1ccccc1. The normalized spacial score (nSPS) is 12.7. The van der Waals surface area contributed by atoms with Crippen LogP contribution in [0, 0.1) is 5.92 Å². The van der Waals surface area contributed by atoms with Crippen molar-refractivity contribution >= 4 is 23.9 Å². The minimum atomic E-state index is -1.33. The molecule has 9 nitrogen and oxygen atoms in total. The molecule has 2 aromatic carbocycles. The van der Waals surface area contributed by atoms with Crippen LogP contribution in [0.3, 0.4) is 0 Å².